The molecule has 0 amide bonds. The number of rotatable bonds is 3. The molecule has 1 saturated heterocycles. The Bertz CT molecular complexity index is 432. The van der Waals surface area contributed by atoms with E-state index in [0.717, 1.165) is 37.8 Å². The lowest BCUT2D eigenvalue weighted by Crippen LogP contribution is -2.53. The molecule has 2 fully saturated rings. The van der Waals surface area contributed by atoms with Gasteiger partial charge in [-0.3, -0.25) is 4.90 Å². The zero-order chi connectivity index (χ0) is 14.5. The molecule has 0 atom stereocenters. The molecular formula is C16H25N3S2. The Kier molecular flexibility index (Phi) is 5.49. The Balaban J connectivity index is 1.41. The third kappa shape index (κ3) is 4.41. The number of thiophene rings is 1. The zero-order valence-corrected chi connectivity index (χ0v) is 14.2. The first-order chi connectivity index (χ1) is 10.3. The van der Waals surface area contributed by atoms with Crippen LogP contribution in [0, 0.1) is 0 Å². The summed E-state index contributed by atoms with van der Waals surface area (Å²) in [7, 11) is 0. The first-order valence-electron chi connectivity index (χ1n) is 8.11. The van der Waals surface area contributed by atoms with Gasteiger partial charge in [-0.25, -0.2) is 0 Å². The molecule has 0 unspecified atom stereocenters. The van der Waals surface area contributed by atoms with E-state index in [9.17, 15) is 0 Å². The second kappa shape index (κ2) is 7.56. The van der Waals surface area contributed by atoms with Crippen molar-refractivity contribution in [3.63, 3.8) is 0 Å². The van der Waals surface area contributed by atoms with Crippen LogP contribution in [0.3, 0.4) is 0 Å². The van der Waals surface area contributed by atoms with Gasteiger partial charge in [-0.2, -0.15) is 0 Å². The van der Waals surface area contributed by atoms with Crippen molar-refractivity contribution in [3.05, 3.63) is 22.4 Å². The van der Waals surface area contributed by atoms with E-state index in [-0.39, 0.29) is 0 Å². The van der Waals surface area contributed by atoms with E-state index in [1.807, 2.05) is 11.3 Å². The van der Waals surface area contributed by atoms with Crippen molar-refractivity contribution in [3.8, 4) is 0 Å². The van der Waals surface area contributed by atoms with Crippen LogP contribution in [0.1, 0.15) is 37.0 Å². The fourth-order valence-corrected chi connectivity index (χ4v) is 4.34. The number of nitrogens with one attached hydrogen (secondary N) is 1. The summed E-state index contributed by atoms with van der Waals surface area (Å²) in [6.45, 7) is 5.44. The summed E-state index contributed by atoms with van der Waals surface area (Å²) in [5.41, 5.74) is 0. The fraction of sp³-hybridized carbons (Fsp3) is 0.688. The Morgan fingerprint density at radius 2 is 1.95 bits per heavy atom. The van der Waals surface area contributed by atoms with E-state index in [1.165, 1.54) is 37.0 Å². The highest BCUT2D eigenvalue weighted by atomic mass is 32.1. The molecule has 0 radical (unpaired) electrons. The van der Waals surface area contributed by atoms with Crippen molar-refractivity contribution in [1.29, 1.82) is 0 Å². The summed E-state index contributed by atoms with van der Waals surface area (Å²) in [6, 6.07) is 4.99. The lowest BCUT2D eigenvalue weighted by molar-refractivity contribution is 0.174. The zero-order valence-electron chi connectivity index (χ0n) is 12.6. The average molecular weight is 324 g/mol. The predicted molar refractivity (Wildman–Crippen MR) is 93.8 cm³/mol. The lowest BCUT2D eigenvalue weighted by atomic mass is 9.96. The Labute approximate surface area is 137 Å². The quantitative estimate of drug-likeness (QED) is 0.861. The number of thiocarbonyl (C=S) groups is 1. The maximum Gasteiger partial charge on any atom is 0.169 e. The molecule has 1 aromatic rings. The molecule has 2 heterocycles. The Morgan fingerprint density at radius 1 is 1.19 bits per heavy atom. The first kappa shape index (κ1) is 15.3. The molecule has 116 valence electrons. The maximum absolute atomic E-state index is 5.61. The van der Waals surface area contributed by atoms with Gasteiger partial charge in [0.2, 0.25) is 0 Å². The minimum atomic E-state index is 0.621. The SMILES string of the molecule is S=C(NC1CCCCC1)N1CCN(Cc2cccs2)CC1. The minimum Gasteiger partial charge on any atom is -0.360 e. The van der Waals surface area contributed by atoms with Gasteiger partial charge in [0.1, 0.15) is 0 Å². The summed E-state index contributed by atoms with van der Waals surface area (Å²) < 4.78 is 0. The molecule has 1 aliphatic carbocycles. The number of hydrogen-bond acceptors (Lipinski definition) is 3. The molecule has 2 aliphatic rings. The van der Waals surface area contributed by atoms with Crippen molar-refractivity contribution in [1.82, 2.24) is 15.1 Å². The van der Waals surface area contributed by atoms with E-state index in [0.29, 0.717) is 6.04 Å². The normalized spacial score (nSPS) is 21.4. The van der Waals surface area contributed by atoms with E-state index < -0.39 is 0 Å². The van der Waals surface area contributed by atoms with Gasteiger partial charge in [0.25, 0.3) is 0 Å². The highest BCUT2D eigenvalue weighted by Crippen LogP contribution is 2.18. The standard InChI is InChI=1S/C16H25N3S2/c20-16(17-14-5-2-1-3-6-14)19-10-8-18(9-11-19)13-15-7-4-12-21-15/h4,7,12,14H,1-3,5-6,8-11,13H2,(H,17,20). The molecule has 1 saturated carbocycles. The molecule has 0 bridgehead atoms. The molecule has 5 heteroatoms. The minimum absolute atomic E-state index is 0.621. The van der Waals surface area contributed by atoms with Gasteiger partial charge in [0, 0.05) is 43.6 Å². The molecule has 1 N–H and O–H groups in total. The number of hydrogen-bond donors (Lipinski definition) is 1. The van der Waals surface area contributed by atoms with Crippen molar-refractivity contribution in [2.24, 2.45) is 0 Å². The van der Waals surface area contributed by atoms with Gasteiger partial charge in [-0.05, 0) is 36.5 Å². The van der Waals surface area contributed by atoms with E-state index >= 15 is 0 Å². The topological polar surface area (TPSA) is 18.5 Å². The van der Waals surface area contributed by atoms with Crippen LogP contribution in [0.2, 0.25) is 0 Å². The van der Waals surface area contributed by atoms with Gasteiger partial charge in [-0.15, -0.1) is 11.3 Å². The average Bonchev–Trinajstić information content (AvgIpc) is 3.02. The fourth-order valence-electron chi connectivity index (χ4n) is 3.24. The van der Waals surface area contributed by atoms with Crippen LogP contribution in [0.15, 0.2) is 17.5 Å². The van der Waals surface area contributed by atoms with Crippen molar-refractivity contribution in [2.45, 2.75) is 44.7 Å². The van der Waals surface area contributed by atoms with E-state index in [2.05, 4.69) is 32.6 Å². The molecular weight excluding hydrogens is 298 g/mol. The molecule has 0 aromatic carbocycles. The largest absolute Gasteiger partial charge is 0.360 e. The smallest absolute Gasteiger partial charge is 0.169 e. The Morgan fingerprint density at radius 3 is 2.62 bits per heavy atom. The van der Waals surface area contributed by atoms with Crippen molar-refractivity contribution < 1.29 is 0 Å². The third-order valence-electron chi connectivity index (χ3n) is 4.55. The van der Waals surface area contributed by atoms with Crippen molar-refractivity contribution >= 4 is 28.7 Å². The van der Waals surface area contributed by atoms with E-state index in [4.69, 9.17) is 12.2 Å². The molecule has 0 spiro atoms. The molecule has 3 rings (SSSR count). The van der Waals surface area contributed by atoms with Crippen molar-refractivity contribution in [2.75, 3.05) is 26.2 Å². The Hall–Kier alpha value is -0.650. The number of piperazine rings is 1. The van der Waals surface area contributed by atoms with Crippen LogP contribution in [0.4, 0.5) is 0 Å². The summed E-state index contributed by atoms with van der Waals surface area (Å²) in [4.78, 5) is 6.35. The third-order valence-corrected chi connectivity index (χ3v) is 5.79. The summed E-state index contributed by atoms with van der Waals surface area (Å²) in [6.07, 6.45) is 6.69. The molecule has 1 aliphatic heterocycles. The van der Waals surface area contributed by atoms with Gasteiger partial charge < -0.3 is 10.2 Å². The predicted octanol–water partition coefficient (Wildman–Crippen LogP) is 3.07. The van der Waals surface area contributed by atoms with Gasteiger partial charge in [-0.1, -0.05) is 25.3 Å². The summed E-state index contributed by atoms with van der Waals surface area (Å²) in [5.74, 6) is 0. The molecule has 3 nitrogen and oxygen atoms in total. The highest BCUT2D eigenvalue weighted by Gasteiger charge is 2.21. The second-order valence-electron chi connectivity index (χ2n) is 6.13. The lowest BCUT2D eigenvalue weighted by Gasteiger charge is -2.37. The van der Waals surface area contributed by atoms with Crippen LogP contribution >= 0.6 is 23.6 Å². The van der Waals surface area contributed by atoms with Crippen LogP contribution in [0.25, 0.3) is 0 Å². The van der Waals surface area contributed by atoms with Gasteiger partial charge in [0.05, 0.1) is 0 Å². The van der Waals surface area contributed by atoms with Crippen LogP contribution in [-0.2, 0) is 6.54 Å². The first-order valence-corrected chi connectivity index (χ1v) is 9.40. The van der Waals surface area contributed by atoms with Gasteiger partial charge >= 0.3 is 0 Å². The molecule has 21 heavy (non-hydrogen) atoms. The van der Waals surface area contributed by atoms with Crippen LogP contribution in [0.5, 0.6) is 0 Å². The molecule has 1 aromatic heterocycles. The summed E-state index contributed by atoms with van der Waals surface area (Å²) >= 11 is 7.46. The van der Waals surface area contributed by atoms with E-state index in [1.54, 1.807) is 0 Å². The summed E-state index contributed by atoms with van der Waals surface area (Å²) in [5, 5.41) is 6.74. The van der Waals surface area contributed by atoms with Crippen LogP contribution in [-0.4, -0.2) is 47.1 Å². The second-order valence-corrected chi connectivity index (χ2v) is 7.55. The van der Waals surface area contributed by atoms with Crippen LogP contribution < -0.4 is 5.32 Å². The highest BCUT2D eigenvalue weighted by molar-refractivity contribution is 7.80. The number of nitrogens with zero attached hydrogens (tertiary/aromatic N) is 2. The maximum atomic E-state index is 5.61. The van der Waals surface area contributed by atoms with Gasteiger partial charge in [0.15, 0.2) is 5.11 Å². The monoisotopic (exact) mass is 323 g/mol.